The summed E-state index contributed by atoms with van der Waals surface area (Å²) in [5, 5.41) is 38.0. The highest BCUT2D eigenvalue weighted by Crippen LogP contribution is 2.25. The Morgan fingerprint density at radius 3 is 2.83 bits per heavy atom. The highest BCUT2D eigenvalue weighted by molar-refractivity contribution is 5.65. The number of hydrogen-bond acceptors (Lipinski definition) is 6. The molecule has 0 aliphatic carbocycles. The number of carboxylic acid groups (broad SMARTS) is 1. The lowest BCUT2D eigenvalue weighted by Gasteiger charge is -2.40. The molecule has 1 heterocycles. The molecule has 8 heteroatoms. The molecule has 130 valence electrons. The zero-order valence-electron chi connectivity index (χ0n) is 13.4. The average molecular weight is 335 g/mol. The molecular formula is C16H21N3O5. The standard InChI is InChI=1S/C16H21N3O5/c1-24-15-6-11(2-3-12(15)7-17)14(21)9-18-4-5-19(16(22)23)8-13(18)10-20/h2-3,6,13-14,20-21H,4-5,8-10H2,1H3,(H,22,23)/t13-,14?/m1/s1. The maximum absolute atomic E-state index is 11.0. The van der Waals surface area contributed by atoms with E-state index in [0.29, 0.717) is 30.0 Å². The Balaban J connectivity index is 2.07. The van der Waals surface area contributed by atoms with Crippen LogP contribution < -0.4 is 4.74 Å². The van der Waals surface area contributed by atoms with Gasteiger partial charge in [-0.15, -0.1) is 0 Å². The maximum Gasteiger partial charge on any atom is 0.407 e. The molecule has 0 aromatic heterocycles. The van der Waals surface area contributed by atoms with Gasteiger partial charge in [0.2, 0.25) is 0 Å². The first kappa shape index (κ1) is 18.0. The van der Waals surface area contributed by atoms with Crippen molar-refractivity contribution in [3.8, 4) is 11.8 Å². The van der Waals surface area contributed by atoms with Crippen LogP contribution in [-0.4, -0.2) is 77.2 Å². The number of piperazine rings is 1. The van der Waals surface area contributed by atoms with E-state index in [9.17, 15) is 15.0 Å². The predicted octanol–water partition coefficient (Wildman–Crippen LogP) is 0.257. The lowest BCUT2D eigenvalue weighted by atomic mass is 10.0. The van der Waals surface area contributed by atoms with Crippen LogP contribution in [0.3, 0.4) is 0 Å². The first-order valence-electron chi connectivity index (χ1n) is 7.59. The van der Waals surface area contributed by atoms with E-state index in [1.807, 2.05) is 11.0 Å². The third-order valence-corrected chi connectivity index (χ3v) is 4.22. The molecule has 1 aliphatic heterocycles. The third-order valence-electron chi connectivity index (χ3n) is 4.22. The van der Waals surface area contributed by atoms with Gasteiger partial charge >= 0.3 is 6.09 Å². The minimum absolute atomic E-state index is 0.187. The summed E-state index contributed by atoms with van der Waals surface area (Å²) in [6.07, 6.45) is -1.84. The zero-order valence-corrected chi connectivity index (χ0v) is 13.4. The molecule has 0 radical (unpaired) electrons. The van der Waals surface area contributed by atoms with E-state index in [-0.39, 0.29) is 25.7 Å². The molecule has 2 rings (SSSR count). The molecule has 1 aromatic rings. The number of benzene rings is 1. The van der Waals surface area contributed by atoms with Gasteiger partial charge < -0.3 is 25.0 Å². The number of nitrogens with zero attached hydrogens (tertiary/aromatic N) is 3. The van der Waals surface area contributed by atoms with Crippen LogP contribution in [0.5, 0.6) is 5.75 Å². The number of aliphatic hydroxyl groups is 2. The van der Waals surface area contributed by atoms with Gasteiger partial charge in [-0.1, -0.05) is 6.07 Å². The van der Waals surface area contributed by atoms with Gasteiger partial charge in [-0.05, 0) is 17.7 Å². The summed E-state index contributed by atoms with van der Waals surface area (Å²) in [5.41, 5.74) is 0.986. The average Bonchev–Trinajstić information content (AvgIpc) is 2.60. The van der Waals surface area contributed by atoms with E-state index >= 15 is 0 Å². The van der Waals surface area contributed by atoms with Crippen LogP contribution >= 0.6 is 0 Å². The zero-order chi connectivity index (χ0) is 17.7. The van der Waals surface area contributed by atoms with Gasteiger partial charge in [0.15, 0.2) is 0 Å². The summed E-state index contributed by atoms with van der Waals surface area (Å²) in [6.45, 7) is 1.04. The Morgan fingerprint density at radius 2 is 2.25 bits per heavy atom. The number of hydrogen-bond donors (Lipinski definition) is 3. The van der Waals surface area contributed by atoms with Gasteiger partial charge in [0.25, 0.3) is 0 Å². The molecule has 1 fully saturated rings. The van der Waals surface area contributed by atoms with Crippen molar-refractivity contribution in [3.63, 3.8) is 0 Å². The third kappa shape index (κ3) is 3.94. The Bertz CT molecular complexity index is 631. The van der Waals surface area contributed by atoms with Crippen molar-refractivity contribution in [2.75, 3.05) is 39.9 Å². The smallest absolute Gasteiger partial charge is 0.407 e. The van der Waals surface area contributed by atoms with Crippen LogP contribution in [0.15, 0.2) is 18.2 Å². The molecule has 24 heavy (non-hydrogen) atoms. The maximum atomic E-state index is 11.0. The molecule has 1 aromatic carbocycles. The highest BCUT2D eigenvalue weighted by atomic mass is 16.5. The van der Waals surface area contributed by atoms with E-state index in [1.54, 1.807) is 18.2 Å². The van der Waals surface area contributed by atoms with Gasteiger partial charge in [-0.3, -0.25) is 4.90 Å². The van der Waals surface area contributed by atoms with Crippen molar-refractivity contribution in [1.82, 2.24) is 9.80 Å². The van der Waals surface area contributed by atoms with Gasteiger partial charge in [-0.2, -0.15) is 5.26 Å². The summed E-state index contributed by atoms with van der Waals surface area (Å²) in [6, 6.07) is 6.52. The van der Waals surface area contributed by atoms with Gasteiger partial charge in [0.05, 0.1) is 31.4 Å². The molecule has 1 aliphatic rings. The summed E-state index contributed by atoms with van der Waals surface area (Å²) in [4.78, 5) is 14.2. The normalized spacial score (nSPS) is 19.6. The van der Waals surface area contributed by atoms with Crippen molar-refractivity contribution in [2.24, 2.45) is 0 Å². The van der Waals surface area contributed by atoms with Crippen molar-refractivity contribution in [1.29, 1.82) is 5.26 Å². The molecule has 8 nitrogen and oxygen atoms in total. The van der Waals surface area contributed by atoms with Crippen LogP contribution in [0.25, 0.3) is 0 Å². The fourth-order valence-corrected chi connectivity index (χ4v) is 2.82. The summed E-state index contributed by atoms with van der Waals surface area (Å²) in [7, 11) is 1.46. The van der Waals surface area contributed by atoms with E-state index in [0.717, 1.165) is 0 Å². The fourth-order valence-electron chi connectivity index (χ4n) is 2.82. The molecule has 1 saturated heterocycles. The lowest BCUT2D eigenvalue weighted by Crippen LogP contribution is -2.56. The number of methoxy groups -OCH3 is 1. The van der Waals surface area contributed by atoms with Crippen molar-refractivity contribution in [3.05, 3.63) is 29.3 Å². The van der Waals surface area contributed by atoms with Crippen LogP contribution in [-0.2, 0) is 0 Å². The quantitative estimate of drug-likeness (QED) is 0.706. The topological polar surface area (TPSA) is 117 Å². The van der Waals surface area contributed by atoms with Crippen LogP contribution in [0, 0.1) is 11.3 Å². The summed E-state index contributed by atoms with van der Waals surface area (Å²) in [5.74, 6) is 0.392. The highest BCUT2D eigenvalue weighted by Gasteiger charge is 2.30. The predicted molar refractivity (Wildman–Crippen MR) is 84.7 cm³/mol. The van der Waals surface area contributed by atoms with E-state index in [1.165, 1.54) is 12.0 Å². The monoisotopic (exact) mass is 335 g/mol. The van der Waals surface area contributed by atoms with Crippen LogP contribution in [0.2, 0.25) is 0 Å². The van der Waals surface area contributed by atoms with E-state index < -0.39 is 12.2 Å². The fraction of sp³-hybridized carbons (Fsp3) is 0.500. The Kier molecular flexibility index (Phi) is 5.98. The van der Waals surface area contributed by atoms with Crippen LogP contribution in [0.4, 0.5) is 4.79 Å². The second-order valence-corrected chi connectivity index (χ2v) is 5.65. The molecular weight excluding hydrogens is 314 g/mol. The number of β-amino-alcohol motifs (C(OH)–C–C–N with tert-alkyl or cyclic N) is 1. The molecule has 3 N–H and O–H groups in total. The Morgan fingerprint density at radius 1 is 1.50 bits per heavy atom. The van der Waals surface area contributed by atoms with Crippen LogP contribution in [0.1, 0.15) is 17.2 Å². The first-order chi connectivity index (χ1) is 11.5. The lowest BCUT2D eigenvalue weighted by molar-refractivity contribution is 0.0130. The summed E-state index contributed by atoms with van der Waals surface area (Å²) >= 11 is 0. The van der Waals surface area contributed by atoms with Crippen molar-refractivity contribution in [2.45, 2.75) is 12.1 Å². The number of aliphatic hydroxyl groups excluding tert-OH is 2. The van der Waals surface area contributed by atoms with E-state index in [2.05, 4.69) is 0 Å². The second-order valence-electron chi connectivity index (χ2n) is 5.65. The Hall–Kier alpha value is -2.34. The molecule has 0 bridgehead atoms. The van der Waals surface area contributed by atoms with Crippen molar-refractivity contribution >= 4 is 6.09 Å². The number of ether oxygens (including phenoxy) is 1. The Labute approximate surface area is 140 Å². The molecule has 0 spiro atoms. The SMILES string of the molecule is COc1cc(C(O)CN2CCN(C(=O)O)C[C@@H]2CO)ccc1C#N. The van der Waals surface area contributed by atoms with Gasteiger partial charge in [-0.25, -0.2) is 4.79 Å². The number of amides is 1. The van der Waals surface area contributed by atoms with Gasteiger partial charge in [0, 0.05) is 26.2 Å². The van der Waals surface area contributed by atoms with Gasteiger partial charge in [0.1, 0.15) is 11.8 Å². The second kappa shape index (κ2) is 7.97. The summed E-state index contributed by atoms with van der Waals surface area (Å²) < 4.78 is 5.14. The largest absolute Gasteiger partial charge is 0.495 e. The first-order valence-corrected chi connectivity index (χ1v) is 7.59. The number of carbonyl (C=O) groups is 1. The minimum Gasteiger partial charge on any atom is -0.495 e. The minimum atomic E-state index is -1.01. The molecule has 2 atom stereocenters. The molecule has 0 saturated carbocycles. The number of rotatable bonds is 5. The molecule has 1 amide bonds. The number of nitriles is 1. The van der Waals surface area contributed by atoms with Crippen molar-refractivity contribution < 1.29 is 24.9 Å². The molecule has 1 unspecified atom stereocenters. The van der Waals surface area contributed by atoms with E-state index in [4.69, 9.17) is 15.1 Å².